The first kappa shape index (κ1) is 13.8. The molecular formula is C11H10F3N5O. The Labute approximate surface area is 112 Å². The van der Waals surface area contributed by atoms with E-state index in [9.17, 15) is 13.2 Å². The first-order valence-corrected chi connectivity index (χ1v) is 5.43. The Hall–Kier alpha value is -2.58. The SMILES string of the molecule is CNc1nc(Nc2c(F)cc(F)cc2F)nc(OC)n1. The monoisotopic (exact) mass is 285 g/mol. The molecule has 0 spiro atoms. The first-order valence-electron chi connectivity index (χ1n) is 5.43. The van der Waals surface area contributed by atoms with E-state index in [2.05, 4.69) is 25.6 Å². The highest BCUT2D eigenvalue weighted by molar-refractivity contribution is 5.56. The van der Waals surface area contributed by atoms with E-state index in [0.29, 0.717) is 12.1 Å². The predicted octanol–water partition coefficient (Wildman–Crippen LogP) is 2.08. The van der Waals surface area contributed by atoms with E-state index in [4.69, 9.17) is 4.74 Å². The molecule has 0 aliphatic rings. The van der Waals surface area contributed by atoms with Crippen LogP contribution in [0.2, 0.25) is 0 Å². The normalized spacial score (nSPS) is 10.2. The van der Waals surface area contributed by atoms with Crippen LogP contribution < -0.4 is 15.4 Å². The Bertz CT molecular complexity index is 592. The van der Waals surface area contributed by atoms with Gasteiger partial charge >= 0.3 is 6.01 Å². The average Bonchev–Trinajstić information content (AvgIpc) is 2.42. The van der Waals surface area contributed by atoms with E-state index >= 15 is 0 Å². The second-order valence-electron chi connectivity index (χ2n) is 3.59. The zero-order valence-corrected chi connectivity index (χ0v) is 10.5. The van der Waals surface area contributed by atoms with Gasteiger partial charge < -0.3 is 15.4 Å². The summed E-state index contributed by atoms with van der Waals surface area (Å²) in [5, 5.41) is 4.95. The fourth-order valence-electron chi connectivity index (χ4n) is 1.39. The third-order valence-corrected chi connectivity index (χ3v) is 2.26. The van der Waals surface area contributed by atoms with Crippen LogP contribution in [0, 0.1) is 17.5 Å². The third kappa shape index (κ3) is 2.87. The number of nitrogens with zero attached hydrogens (tertiary/aromatic N) is 3. The van der Waals surface area contributed by atoms with Crippen LogP contribution in [0.4, 0.5) is 30.8 Å². The fourth-order valence-corrected chi connectivity index (χ4v) is 1.39. The molecule has 0 saturated heterocycles. The van der Waals surface area contributed by atoms with Crippen LogP contribution in [0.3, 0.4) is 0 Å². The van der Waals surface area contributed by atoms with E-state index in [1.54, 1.807) is 7.05 Å². The molecule has 2 rings (SSSR count). The summed E-state index contributed by atoms with van der Waals surface area (Å²) >= 11 is 0. The summed E-state index contributed by atoms with van der Waals surface area (Å²) in [5.41, 5.74) is -0.568. The quantitative estimate of drug-likeness (QED) is 0.896. The highest BCUT2D eigenvalue weighted by Crippen LogP contribution is 2.23. The van der Waals surface area contributed by atoms with Crippen molar-refractivity contribution in [1.29, 1.82) is 0 Å². The molecule has 1 heterocycles. The molecular weight excluding hydrogens is 275 g/mol. The lowest BCUT2D eigenvalue weighted by Crippen LogP contribution is -2.07. The summed E-state index contributed by atoms with van der Waals surface area (Å²) in [4.78, 5) is 11.5. The van der Waals surface area contributed by atoms with Crippen molar-refractivity contribution in [2.45, 2.75) is 0 Å². The van der Waals surface area contributed by atoms with Crippen LogP contribution in [0.5, 0.6) is 6.01 Å². The fraction of sp³-hybridized carbons (Fsp3) is 0.182. The Morgan fingerprint density at radius 2 is 1.60 bits per heavy atom. The lowest BCUT2D eigenvalue weighted by atomic mass is 10.3. The molecule has 0 saturated carbocycles. The number of nitrogens with one attached hydrogen (secondary N) is 2. The minimum Gasteiger partial charge on any atom is -0.467 e. The molecule has 0 aliphatic heterocycles. The van der Waals surface area contributed by atoms with Gasteiger partial charge in [0.2, 0.25) is 11.9 Å². The lowest BCUT2D eigenvalue weighted by Gasteiger charge is -2.09. The Morgan fingerprint density at radius 3 is 2.15 bits per heavy atom. The highest BCUT2D eigenvalue weighted by atomic mass is 19.1. The van der Waals surface area contributed by atoms with Crippen LogP contribution in [-0.2, 0) is 0 Å². The molecule has 0 amide bonds. The Kier molecular flexibility index (Phi) is 3.87. The standard InChI is InChI=1S/C11H10F3N5O/c1-15-9-17-10(19-11(18-9)20-2)16-8-6(13)3-5(12)4-7(8)14/h3-4H,1-2H3,(H2,15,16,17,18,19). The largest absolute Gasteiger partial charge is 0.467 e. The maximum Gasteiger partial charge on any atom is 0.322 e. The zero-order chi connectivity index (χ0) is 14.7. The molecule has 9 heteroatoms. The molecule has 0 radical (unpaired) electrons. The van der Waals surface area contributed by atoms with Gasteiger partial charge in [0, 0.05) is 19.2 Å². The molecule has 2 aromatic rings. The number of anilines is 3. The van der Waals surface area contributed by atoms with Crippen molar-refractivity contribution >= 4 is 17.6 Å². The van der Waals surface area contributed by atoms with Gasteiger partial charge in [0.25, 0.3) is 0 Å². The maximum atomic E-state index is 13.5. The summed E-state index contributed by atoms with van der Waals surface area (Å²) in [7, 11) is 2.88. The summed E-state index contributed by atoms with van der Waals surface area (Å²) in [5.74, 6) is -3.23. The van der Waals surface area contributed by atoms with E-state index < -0.39 is 23.1 Å². The van der Waals surface area contributed by atoms with Crippen molar-refractivity contribution < 1.29 is 17.9 Å². The lowest BCUT2D eigenvalue weighted by molar-refractivity contribution is 0.379. The van der Waals surface area contributed by atoms with Crippen LogP contribution >= 0.6 is 0 Å². The van der Waals surface area contributed by atoms with Crippen LogP contribution in [0.15, 0.2) is 12.1 Å². The van der Waals surface area contributed by atoms with Crippen LogP contribution in [-0.4, -0.2) is 29.1 Å². The Morgan fingerprint density at radius 1 is 1.00 bits per heavy atom. The topological polar surface area (TPSA) is 72.0 Å². The van der Waals surface area contributed by atoms with Gasteiger partial charge in [-0.05, 0) is 0 Å². The number of benzene rings is 1. The van der Waals surface area contributed by atoms with Crippen molar-refractivity contribution in [3.63, 3.8) is 0 Å². The van der Waals surface area contributed by atoms with Crippen molar-refractivity contribution in [3.8, 4) is 6.01 Å². The number of hydrogen-bond acceptors (Lipinski definition) is 6. The van der Waals surface area contributed by atoms with Crippen molar-refractivity contribution in [3.05, 3.63) is 29.6 Å². The zero-order valence-electron chi connectivity index (χ0n) is 10.5. The second kappa shape index (κ2) is 5.59. The summed E-state index contributed by atoms with van der Waals surface area (Å²) in [6.45, 7) is 0. The van der Waals surface area contributed by atoms with Gasteiger partial charge in [-0.15, -0.1) is 0 Å². The molecule has 6 nitrogen and oxygen atoms in total. The summed E-state index contributed by atoms with van der Waals surface area (Å²) < 4.78 is 44.6. The predicted molar refractivity (Wildman–Crippen MR) is 65.5 cm³/mol. The first-order chi connectivity index (χ1) is 9.53. The van der Waals surface area contributed by atoms with Gasteiger partial charge in [0.1, 0.15) is 11.5 Å². The third-order valence-electron chi connectivity index (χ3n) is 2.26. The minimum absolute atomic E-state index is 0.0465. The van der Waals surface area contributed by atoms with Crippen molar-refractivity contribution in [1.82, 2.24) is 15.0 Å². The number of ether oxygens (including phenoxy) is 1. The summed E-state index contributed by atoms with van der Waals surface area (Å²) in [6, 6.07) is 1.04. The molecule has 0 unspecified atom stereocenters. The average molecular weight is 285 g/mol. The van der Waals surface area contributed by atoms with E-state index in [-0.39, 0.29) is 17.9 Å². The molecule has 2 N–H and O–H groups in total. The second-order valence-corrected chi connectivity index (χ2v) is 3.59. The molecule has 0 bridgehead atoms. The van der Waals surface area contributed by atoms with Gasteiger partial charge in [-0.3, -0.25) is 0 Å². The number of hydrogen-bond donors (Lipinski definition) is 2. The van der Waals surface area contributed by atoms with Gasteiger partial charge in [0.15, 0.2) is 11.6 Å². The maximum absolute atomic E-state index is 13.5. The van der Waals surface area contributed by atoms with Gasteiger partial charge in [-0.2, -0.15) is 15.0 Å². The number of methoxy groups -OCH3 is 1. The smallest absolute Gasteiger partial charge is 0.322 e. The van der Waals surface area contributed by atoms with Gasteiger partial charge in [-0.1, -0.05) is 0 Å². The molecule has 1 aromatic carbocycles. The Balaban J connectivity index is 2.39. The summed E-state index contributed by atoms with van der Waals surface area (Å²) in [6.07, 6.45) is 0. The highest BCUT2D eigenvalue weighted by Gasteiger charge is 2.14. The van der Waals surface area contributed by atoms with Crippen LogP contribution in [0.25, 0.3) is 0 Å². The van der Waals surface area contributed by atoms with Crippen molar-refractivity contribution in [2.75, 3.05) is 24.8 Å². The van der Waals surface area contributed by atoms with Gasteiger partial charge in [-0.25, -0.2) is 13.2 Å². The van der Waals surface area contributed by atoms with E-state index in [1.807, 2.05) is 0 Å². The van der Waals surface area contributed by atoms with E-state index in [1.165, 1.54) is 7.11 Å². The van der Waals surface area contributed by atoms with Crippen molar-refractivity contribution in [2.24, 2.45) is 0 Å². The minimum atomic E-state index is -1.10. The molecule has 0 atom stereocenters. The molecule has 0 aliphatic carbocycles. The van der Waals surface area contributed by atoms with Crippen LogP contribution in [0.1, 0.15) is 0 Å². The van der Waals surface area contributed by atoms with Gasteiger partial charge in [0.05, 0.1) is 7.11 Å². The number of rotatable bonds is 4. The van der Waals surface area contributed by atoms with E-state index in [0.717, 1.165) is 0 Å². The molecule has 1 aromatic heterocycles. The molecule has 106 valence electrons. The number of aromatic nitrogens is 3. The number of halogens is 3. The molecule has 0 fully saturated rings. The molecule has 20 heavy (non-hydrogen) atoms.